The molecule has 1 saturated heterocycles. The molecule has 0 aromatic carbocycles. The molecule has 1 aromatic rings. The first-order valence-electron chi connectivity index (χ1n) is 9.54. The van der Waals surface area contributed by atoms with Crippen molar-refractivity contribution < 1.29 is 9.59 Å². The summed E-state index contributed by atoms with van der Waals surface area (Å²) < 4.78 is 2.07. The largest absolute Gasteiger partial charge is 0.352 e. The fourth-order valence-corrected chi connectivity index (χ4v) is 3.75. The summed E-state index contributed by atoms with van der Waals surface area (Å²) in [6, 6.07) is 0.170. The van der Waals surface area contributed by atoms with Crippen molar-refractivity contribution in [2.75, 3.05) is 27.2 Å². The van der Waals surface area contributed by atoms with E-state index in [4.69, 9.17) is 0 Å². The summed E-state index contributed by atoms with van der Waals surface area (Å²) in [5.41, 5.74) is 0. The maximum absolute atomic E-state index is 12.3. The average molecular weight is 362 g/mol. The Hall–Kier alpha value is -1.96. The van der Waals surface area contributed by atoms with Crippen LogP contribution in [0.5, 0.6) is 0 Å². The third-order valence-corrected chi connectivity index (χ3v) is 5.33. The average Bonchev–Trinajstić information content (AvgIpc) is 2.75. The minimum absolute atomic E-state index is 0.0463. The Morgan fingerprint density at radius 1 is 1.23 bits per heavy atom. The topological polar surface area (TPSA) is 83.4 Å². The number of aromatic nitrogens is 3. The van der Waals surface area contributed by atoms with E-state index in [-0.39, 0.29) is 24.4 Å². The van der Waals surface area contributed by atoms with Crippen LogP contribution in [0.2, 0.25) is 0 Å². The van der Waals surface area contributed by atoms with Gasteiger partial charge in [0.25, 0.3) is 0 Å². The summed E-state index contributed by atoms with van der Waals surface area (Å²) in [4.78, 5) is 28.0. The molecule has 1 N–H and O–H groups in total. The zero-order chi connectivity index (χ0) is 18.7. The number of hydrogen-bond acceptors (Lipinski definition) is 5. The molecule has 26 heavy (non-hydrogen) atoms. The predicted molar refractivity (Wildman–Crippen MR) is 97.3 cm³/mol. The number of likely N-dealkylation sites (tertiary alicyclic amines) is 1. The number of rotatable bonds is 6. The van der Waals surface area contributed by atoms with E-state index >= 15 is 0 Å². The molecule has 0 radical (unpaired) electrons. The van der Waals surface area contributed by atoms with Crippen molar-refractivity contribution in [2.45, 2.75) is 57.0 Å². The van der Waals surface area contributed by atoms with E-state index in [9.17, 15) is 9.59 Å². The van der Waals surface area contributed by atoms with Crippen molar-refractivity contribution >= 4 is 11.8 Å². The first kappa shape index (κ1) is 18.8. The van der Waals surface area contributed by atoms with Gasteiger partial charge in [-0.05, 0) is 39.8 Å². The molecular formula is C18H30N6O2. The Balaban J connectivity index is 1.46. The Labute approximate surface area is 154 Å². The van der Waals surface area contributed by atoms with Gasteiger partial charge >= 0.3 is 0 Å². The summed E-state index contributed by atoms with van der Waals surface area (Å²) in [6.45, 7) is 1.66. The lowest BCUT2D eigenvalue weighted by Crippen LogP contribution is -2.48. The van der Waals surface area contributed by atoms with Gasteiger partial charge in [0.05, 0.1) is 13.1 Å². The first-order chi connectivity index (χ1) is 12.4. The first-order valence-corrected chi connectivity index (χ1v) is 9.54. The molecule has 2 fully saturated rings. The molecule has 0 atom stereocenters. The fraction of sp³-hybridized carbons (Fsp3) is 0.778. The van der Waals surface area contributed by atoms with E-state index in [1.54, 1.807) is 4.90 Å². The van der Waals surface area contributed by atoms with Crippen LogP contribution in [-0.4, -0.2) is 69.6 Å². The normalized spacial score (nSPS) is 23.7. The van der Waals surface area contributed by atoms with Gasteiger partial charge in [0.2, 0.25) is 11.8 Å². The van der Waals surface area contributed by atoms with Crippen LogP contribution in [0, 0.1) is 0 Å². The van der Waals surface area contributed by atoms with Gasteiger partial charge in [-0.2, -0.15) is 0 Å². The third kappa shape index (κ3) is 4.41. The third-order valence-electron chi connectivity index (χ3n) is 5.33. The van der Waals surface area contributed by atoms with Gasteiger partial charge in [-0.15, -0.1) is 10.2 Å². The summed E-state index contributed by atoms with van der Waals surface area (Å²) >= 11 is 0. The Bertz CT molecular complexity index is 650. The number of nitrogens with one attached hydrogen (secondary N) is 1. The second-order valence-corrected chi connectivity index (χ2v) is 7.83. The Morgan fingerprint density at radius 3 is 2.73 bits per heavy atom. The van der Waals surface area contributed by atoms with Crippen molar-refractivity contribution in [3.8, 4) is 0 Å². The number of carbonyl (C=O) groups is 2. The van der Waals surface area contributed by atoms with Crippen molar-refractivity contribution in [1.29, 1.82) is 0 Å². The highest BCUT2D eigenvalue weighted by atomic mass is 16.2. The minimum Gasteiger partial charge on any atom is -0.352 e. The molecule has 2 aliphatic rings. The molecule has 1 aliphatic heterocycles. The van der Waals surface area contributed by atoms with Crippen molar-refractivity contribution in [3.63, 3.8) is 0 Å². The zero-order valence-electron chi connectivity index (χ0n) is 16.1. The van der Waals surface area contributed by atoms with Crippen LogP contribution < -0.4 is 5.32 Å². The molecule has 2 heterocycles. The van der Waals surface area contributed by atoms with Gasteiger partial charge in [0.15, 0.2) is 0 Å². The molecule has 1 saturated carbocycles. The second-order valence-electron chi connectivity index (χ2n) is 7.83. The highest BCUT2D eigenvalue weighted by molar-refractivity contribution is 5.85. The van der Waals surface area contributed by atoms with E-state index in [0.717, 1.165) is 50.3 Å². The second kappa shape index (κ2) is 8.16. The van der Waals surface area contributed by atoms with Crippen LogP contribution in [0.15, 0.2) is 0 Å². The van der Waals surface area contributed by atoms with Crippen LogP contribution in [0.3, 0.4) is 0 Å². The maximum Gasteiger partial charge on any atom is 0.239 e. The Morgan fingerprint density at radius 2 is 2.00 bits per heavy atom. The summed E-state index contributed by atoms with van der Waals surface area (Å²) in [5.74, 6) is 2.35. The molecule has 8 heteroatoms. The number of hydrogen-bond donors (Lipinski definition) is 1. The molecule has 144 valence electrons. The number of nitrogens with zero attached hydrogens (tertiary/aromatic N) is 5. The van der Waals surface area contributed by atoms with Crippen LogP contribution in [-0.2, 0) is 23.2 Å². The summed E-state index contributed by atoms with van der Waals surface area (Å²) in [6.07, 6.45) is 5.34. The van der Waals surface area contributed by atoms with Crippen LogP contribution in [0.25, 0.3) is 0 Å². The van der Waals surface area contributed by atoms with Gasteiger partial charge in [-0.1, -0.05) is 6.42 Å². The van der Waals surface area contributed by atoms with Crippen LogP contribution >= 0.6 is 0 Å². The molecule has 3 rings (SSSR count). The maximum atomic E-state index is 12.3. The van der Waals surface area contributed by atoms with Gasteiger partial charge in [-0.25, -0.2) is 0 Å². The van der Waals surface area contributed by atoms with E-state index < -0.39 is 0 Å². The molecule has 1 aliphatic carbocycles. The summed E-state index contributed by atoms with van der Waals surface area (Å²) in [5, 5.41) is 11.7. The van der Waals surface area contributed by atoms with Crippen LogP contribution in [0.4, 0.5) is 0 Å². The Kier molecular flexibility index (Phi) is 5.90. The summed E-state index contributed by atoms with van der Waals surface area (Å²) in [7, 11) is 6.03. The molecule has 2 amide bonds. The van der Waals surface area contributed by atoms with E-state index in [0.29, 0.717) is 18.9 Å². The molecule has 8 nitrogen and oxygen atoms in total. The fourth-order valence-electron chi connectivity index (χ4n) is 3.75. The van der Waals surface area contributed by atoms with Crippen molar-refractivity contribution in [1.82, 2.24) is 29.9 Å². The molecule has 0 unspecified atom stereocenters. The van der Waals surface area contributed by atoms with Crippen molar-refractivity contribution in [2.24, 2.45) is 7.05 Å². The molecule has 1 aromatic heterocycles. The van der Waals surface area contributed by atoms with E-state index in [1.165, 1.54) is 0 Å². The standard InChI is InChI=1S/C18H30N6O2/c1-22(2)11-15-20-21-18(23(15)3)13-9-14(10-13)19-16(25)12-24-8-6-4-5-7-17(24)26/h13-14H,4-12H2,1-3H3,(H,19,25). The lowest BCUT2D eigenvalue weighted by molar-refractivity contribution is -0.136. The number of carbonyl (C=O) groups excluding carboxylic acids is 2. The SMILES string of the molecule is CN(C)Cc1nnc(C2CC(NC(=O)CN3CCCCCC3=O)C2)n1C. The molecule has 0 bridgehead atoms. The lowest BCUT2D eigenvalue weighted by Gasteiger charge is -2.35. The van der Waals surface area contributed by atoms with Gasteiger partial charge in [0.1, 0.15) is 11.6 Å². The number of amides is 2. The van der Waals surface area contributed by atoms with Crippen molar-refractivity contribution in [3.05, 3.63) is 11.6 Å². The van der Waals surface area contributed by atoms with Gasteiger partial charge in [-0.3, -0.25) is 9.59 Å². The lowest BCUT2D eigenvalue weighted by atomic mass is 9.79. The van der Waals surface area contributed by atoms with E-state index in [2.05, 4.69) is 25.0 Å². The smallest absolute Gasteiger partial charge is 0.239 e. The zero-order valence-corrected chi connectivity index (χ0v) is 16.1. The van der Waals surface area contributed by atoms with Crippen LogP contribution in [0.1, 0.15) is 56.1 Å². The highest BCUT2D eigenvalue weighted by Gasteiger charge is 2.35. The predicted octanol–water partition coefficient (Wildman–Crippen LogP) is 0.642. The highest BCUT2D eigenvalue weighted by Crippen LogP contribution is 2.35. The monoisotopic (exact) mass is 362 g/mol. The molecule has 0 spiro atoms. The van der Waals surface area contributed by atoms with Gasteiger partial charge < -0.3 is 19.7 Å². The quantitative estimate of drug-likeness (QED) is 0.803. The minimum atomic E-state index is -0.0463. The molecular weight excluding hydrogens is 332 g/mol. The van der Waals surface area contributed by atoms with E-state index in [1.807, 2.05) is 21.1 Å². The van der Waals surface area contributed by atoms with Gasteiger partial charge in [0, 0.05) is 32.0 Å².